The maximum Gasteiger partial charge on any atom is 0.387 e. The number of para-hydroxylation sites is 1. The van der Waals surface area contributed by atoms with Crippen LogP contribution in [0.4, 0.5) is 19.3 Å². The molecule has 1 atom stereocenters. The monoisotopic (exact) mass is 398 g/mol. The Hall–Kier alpha value is -2.15. The van der Waals surface area contributed by atoms with E-state index in [0.717, 1.165) is 10.0 Å². The van der Waals surface area contributed by atoms with Crippen molar-refractivity contribution in [3.8, 4) is 5.75 Å². The smallest absolute Gasteiger partial charge is 0.387 e. The zero-order valence-corrected chi connectivity index (χ0v) is 14.7. The van der Waals surface area contributed by atoms with Gasteiger partial charge in [-0.15, -0.1) is 0 Å². The molecule has 0 radical (unpaired) electrons. The van der Waals surface area contributed by atoms with Gasteiger partial charge in [0.2, 0.25) is 0 Å². The van der Waals surface area contributed by atoms with Crippen LogP contribution >= 0.6 is 15.9 Å². The van der Waals surface area contributed by atoms with E-state index in [9.17, 15) is 13.6 Å². The van der Waals surface area contributed by atoms with Crippen LogP contribution in [-0.2, 0) is 0 Å². The first kappa shape index (κ1) is 18.2. The number of hydrogen-bond donors (Lipinski definition) is 2. The number of rotatable bonds is 5. The average molecular weight is 399 g/mol. The number of nitrogens with one attached hydrogen (secondary N) is 2. The molecule has 0 aromatic heterocycles. The molecule has 128 valence electrons. The summed E-state index contributed by atoms with van der Waals surface area (Å²) in [5, 5.41) is 5.35. The molecule has 2 aromatic carbocycles. The molecular formula is C17H17BrF2N2O2. The van der Waals surface area contributed by atoms with E-state index in [1.165, 1.54) is 6.07 Å². The summed E-state index contributed by atoms with van der Waals surface area (Å²) in [7, 11) is 0. The minimum atomic E-state index is -2.96. The minimum absolute atomic E-state index is 0.0753. The van der Waals surface area contributed by atoms with Gasteiger partial charge in [0.25, 0.3) is 0 Å². The van der Waals surface area contributed by atoms with Crippen molar-refractivity contribution >= 4 is 27.6 Å². The summed E-state index contributed by atoms with van der Waals surface area (Å²) >= 11 is 3.43. The number of benzene rings is 2. The maximum atomic E-state index is 12.5. The maximum absolute atomic E-state index is 12.5. The van der Waals surface area contributed by atoms with Crippen LogP contribution in [0.15, 0.2) is 46.9 Å². The number of ether oxygens (including phenoxy) is 1. The van der Waals surface area contributed by atoms with E-state index in [4.69, 9.17) is 0 Å². The number of aryl methyl sites for hydroxylation is 1. The van der Waals surface area contributed by atoms with Crippen LogP contribution in [0.2, 0.25) is 0 Å². The third-order valence-electron chi connectivity index (χ3n) is 3.41. The molecule has 0 bridgehead atoms. The van der Waals surface area contributed by atoms with Crippen molar-refractivity contribution in [3.63, 3.8) is 0 Å². The lowest BCUT2D eigenvalue weighted by atomic mass is 10.1. The molecule has 0 fully saturated rings. The van der Waals surface area contributed by atoms with Crippen LogP contribution in [0.25, 0.3) is 0 Å². The van der Waals surface area contributed by atoms with Crippen LogP contribution in [0.1, 0.15) is 24.1 Å². The first-order chi connectivity index (χ1) is 11.4. The van der Waals surface area contributed by atoms with Gasteiger partial charge in [-0.2, -0.15) is 8.78 Å². The summed E-state index contributed by atoms with van der Waals surface area (Å²) in [5.41, 5.74) is 1.74. The van der Waals surface area contributed by atoms with Crippen molar-refractivity contribution in [3.05, 3.63) is 58.1 Å². The van der Waals surface area contributed by atoms with Crippen LogP contribution in [0.3, 0.4) is 0 Å². The van der Waals surface area contributed by atoms with Crippen molar-refractivity contribution < 1.29 is 18.3 Å². The van der Waals surface area contributed by atoms with Gasteiger partial charge >= 0.3 is 12.6 Å². The number of anilines is 1. The Morgan fingerprint density at radius 3 is 2.54 bits per heavy atom. The highest BCUT2D eigenvalue weighted by atomic mass is 79.9. The number of hydrogen-bond acceptors (Lipinski definition) is 2. The second-order valence-electron chi connectivity index (χ2n) is 5.17. The second-order valence-corrected chi connectivity index (χ2v) is 6.02. The quantitative estimate of drug-likeness (QED) is 0.723. The van der Waals surface area contributed by atoms with Gasteiger partial charge < -0.3 is 15.4 Å². The summed E-state index contributed by atoms with van der Waals surface area (Å²) in [6.07, 6.45) is 0. The fourth-order valence-electron chi connectivity index (χ4n) is 2.25. The van der Waals surface area contributed by atoms with E-state index in [1.54, 1.807) is 19.1 Å². The zero-order chi connectivity index (χ0) is 17.7. The largest absolute Gasteiger partial charge is 0.433 e. The fourth-order valence-corrected chi connectivity index (χ4v) is 2.87. The highest BCUT2D eigenvalue weighted by molar-refractivity contribution is 9.10. The molecule has 2 amide bonds. The molecule has 2 N–H and O–H groups in total. The van der Waals surface area contributed by atoms with Gasteiger partial charge in [-0.1, -0.05) is 46.3 Å². The van der Waals surface area contributed by atoms with Crippen molar-refractivity contribution in [2.45, 2.75) is 26.5 Å². The molecule has 1 unspecified atom stereocenters. The van der Waals surface area contributed by atoms with Crippen LogP contribution in [0, 0.1) is 6.92 Å². The molecule has 2 rings (SSSR count). The van der Waals surface area contributed by atoms with E-state index in [1.807, 2.05) is 31.2 Å². The van der Waals surface area contributed by atoms with Gasteiger partial charge in [-0.05, 0) is 37.1 Å². The molecule has 0 saturated carbocycles. The SMILES string of the molecule is Cc1cccc(OC(F)F)c1NC(=O)NC(C)c1ccccc1Br. The molecule has 24 heavy (non-hydrogen) atoms. The van der Waals surface area contributed by atoms with E-state index < -0.39 is 12.6 Å². The lowest BCUT2D eigenvalue weighted by molar-refractivity contribution is -0.0493. The first-order valence-corrected chi connectivity index (χ1v) is 8.04. The van der Waals surface area contributed by atoms with Crippen molar-refractivity contribution in [2.75, 3.05) is 5.32 Å². The van der Waals surface area contributed by atoms with Crippen molar-refractivity contribution in [1.82, 2.24) is 5.32 Å². The predicted molar refractivity (Wildman–Crippen MR) is 92.5 cm³/mol. The lowest BCUT2D eigenvalue weighted by Crippen LogP contribution is -2.31. The zero-order valence-electron chi connectivity index (χ0n) is 13.1. The van der Waals surface area contributed by atoms with Crippen LogP contribution in [0.5, 0.6) is 5.75 Å². The number of amides is 2. The van der Waals surface area contributed by atoms with E-state index in [-0.39, 0.29) is 17.5 Å². The second kappa shape index (κ2) is 8.10. The van der Waals surface area contributed by atoms with Gasteiger partial charge in [0, 0.05) is 4.47 Å². The van der Waals surface area contributed by atoms with Crippen LogP contribution < -0.4 is 15.4 Å². The Kier molecular flexibility index (Phi) is 6.14. The third kappa shape index (κ3) is 4.67. The molecule has 2 aromatic rings. The summed E-state index contributed by atoms with van der Waals surface area (Å²) in [5.74, 6) is -0.0753. The van der Waals surface area contributed by atoms with Gasteiger partial charge in [0.1, 0.15) is 5.75 Å². The molecule has 0 aliphatic heterocycles. The number of carbonyl (C=O) groups is 1. The fraction of sp³-hybridized carbons (Fsp3) is 0.235. The number of urea groups is 1. The number of carbonyl (C=O) groups excluding carboxylic acids is 1. The van der Waals surface area contributed by atoms with Gasteiger partial charge in [0.15, 0.2) is 0 Å². The lowest BCUT2D eigenvalue weighted by Gasteiger charge is -2.18. The van der Waals surface area contributed by atoms with E-state index in [0.29, 0.717) is 5.56 Å². The van der Waals surface area contributed by atoms with Crippen molar-refractivity contribution in [1.29, 1.82) is 0 Å². The Morgan fingerprint density at radius 1 is 1.17 bits per heavy atom. The summed E-state index contributed by atoms with van der Waals surface area (Å²) < 4.78 is 30.3. The Labute approximate surface area is 147 Å². The van der Waals surface area contributed by atoms with Gasteiger partial charge in [0.05, 0.1) is 11.7 Å². The number of halogens is 3. The molecule has 0 spiro atoms. The topological polar surface area (TPSA) is 50.4 Å². The Morgan fingerprint density at radius 2 is 1.88 bits per heavy atom. The predicted octanol–water partition coefficient (Wildman–Crippen LogP) is 5.24. The first-order valence-electron chi connectivity index (χ1n) is 7.25. The Balaban J connectivity index is 2.11. The summed E-state index contributed by atoms with van der Waals surface area (Å²) in [4.78, 5) is 12.2. The van der Waals surface area contributed by atoms with E-state index >= 15 is 0 Å². The molecule has 0 aliphatic carbocycles. The van der Waals surface area contributed by atoms with Crippen LogP contribution in [-0.4, -0.2) is 12.6 Å². The molecule has 0 aliphatic rings. The summed E-state index contributed by atoms with van der Waals surface area (Å²) in [6.45, 7) is 0.564. The number of alkyl halides is 2. The molecule has 0 saturated heterocycles. The van der Waals surface area contributed by atoms with Gasteiger partial charge in [-0.25, -0.2) is 4.79 Å². The third-order valence-corrected chi connectivity index (χ3v) is 4.13. The minimum Gasteiger partial charge on any atom is -0.433 e. The van der Waals surface area contributed by atoms with E-state index in [2.05, 4.69) is 31.3 Å². The highest BCUT2D eigenvalue weighted by Gasteiger charge is 2.16. The highest BCUT2D eigenvalue weighted by Crippen LogP contribution is 2.29. The molecule has 4 nitrogen and oxygen atoms in total. The van der Waals surface area contributed by atoms with Gasteiger partial charge in [-0.3, -0.25) is 0 Å². The summed E-state index contributed by atoms with van der Waals surface area (Å²) in [6, 6.07) is 11.4. The molecule has 0 heterocycles. The average Bonchev–Trinajstić information content (AvgIpc) is 2.50. The molecular weight excluding hydrogens is 382 g/mol. The van der Waals surface area contributed by atoms with Crippen molar-refractivity contribution in [2.24, 2.45) is 0 Å². The molecule has 7 heteroatoms. The normalized spacial score (nSPS) is 11.9. The Bertz CT molecular complexity index is 725. The standard InChI is InChI=1S/C17H17BrF2N2O2/c1-10-6-5-9-14(24-16(19)20)15(10)22-17(23)21-11(2)12-7-3-4-8-13(12)18/h3-9,11,16H,1-2H3,(H2,21,22,23).